The molecule has 1 atom stereocenters. The molecule has 0 radical (unpaired) electrons. The van der Waals surface area contributed by atoms with Crippen molar-refractivity contribution in [2.45, 2.75) is 38.5 Å². The first-order chi connectivity index (χ1) is 12.2. The molecule has 0 saturated carbocycles. The summed E-state index contributed by atoms with van der Waals surface area (Å²) < 4.78 is 0. The van der Waals surface area contributed by atoms with Gasteiger partial charge in [-0.1, -0.05) is 24.3 Å². The van der Waals surface area contributed by atoms with Crippen molar-refractivity contribution in [1.82, 2.24) is 4.90 Å². The number of hydrogen-bond acceptors (Lipinski definition) is 3. The summed E-state index contributed by atoms with van der Waals surface area (Å²) in [5.41, 5.74) is 1.53. The fourth-order valence-electron chi connectivity index (χ4n) is 3.48. The number of anilines is 2. The maximum atomic E-state index is 12.3. The highest BCUT2D eigenvalue weighted by atomic mass is 16.2. The molecule has 0 aromatic heterocycles. The van der Waals surface area contributed by atoms with Gasteiger partial charge in [-0.2, -0.15) is 0 Å². The van der Waals surface area contributed by atoms with Crippen molar-refractivity contribution in [2.24, 2.45) is 5.92 Å². The molecule has 1 aliphatic carbocycles. The number of benzene rings is 1. The molecule has 1 heterocycles. The van der Waals surface area contributed by atoms with Crippen molar-refractivity contribution in [1.29, 1.82) is 0 Å². The van der Waals surface area contributed by atoms with Crippen LogP contribution in [0.4, 0.5) is 11.4 Å². The van der Waals surface area contributed by atoms with Crippen LogP contribution in [0.15, 0.2) is 36.4 Å². The highest BCUT2D eigenvalue weighted by Gasteiger charge is 2.17. The van der Waals surface area contributed by atoms with Crippen LogP contribution in [-0.4, -0.2) is 36.3 Å². The predicted molar refractivity (Wildman–Crippen MR) is 100 cm³/mol. The number of carbonyl (C=O) groups excluding carboxylic acids is 2. The number of carbonyl (C=O) groups is 2. The van der Waals surface area contributed by atoms with Gasteiger partial charge in [-0.15, -0.1) is 0 Å². The largest absolute Gasteiger partial charge is 0.374 e. The number of piperidine rings is 1. The average molecular weight is 341 g/mol. The highest BCUT2D eigenvalue weighted by molar-refractivity contribution is 5.95. The van der Waals surface area contributed by atoms with E-state index in [-0.39, 0.29) is 18.4 Å². The maximum Gasteiger partial charge on any atom is 0.241 e. The van der Waals surface area contributed by atoms with E-state index in [0.29, 0.717) is 12.3 Å². The van der Waals surface area contributed by atoms with Gasteiger partial charge in [0.25, 0.3) is 0 Å². The quantitative estimate of drug-likeness (QED) is 0.780. The van der Waals surface area contributed by atoms with Crippen molar-refractivity contribution < 1.29 is 9.59 Å². The minimum Gasteiger partial charge on any atom is -0.374 e. The summed E-state index contributed by atoms with van der Waals surface area (Å²) in [7, 11) is 0. The van der Waals surface area contributed by atoms with E-state index >= 15 is 0 Å². The Morgan fingerprint density at radius 2 is 1.84 bits per heavy atom. The fraction of sp³-hybridized carbons (Fsp3) is 0.500. The third-order valence-corrected chi connectivity index (χ3v) is 4.90. The van der Waals surface area contributed by atoms with Crippen molar-refractivity contribution in [2.75, 3.05) is 30.3 Å². The van der Waals surface area contributed by atoms with Gasteiger partial charge in [-0.3, -0.25) is 9.59 Å². The van der Waals surface area contributed by atoms with Gasteiger partial charge >= 0.3 is 0 Å². The lowest BCUT2D eigenvalue weighted by Gasteiger charge is -2.27. The molecule has 134 valence electrons. The molecular weight excluding hydrogens is 314 g/mol. The lowest BCUT2D eigenvalue weighted by Crippen LogP contribution is -2.39. The van der Waals surface area contributed by atoms with Gasteiger partial charge in [0.15, 0.2) is 0 Å². The second-order valence-corrected chi connectivity index (χ2v) is 6.86. The first-order valence-electron chi connectivity index (χ1n) is 9.29. The Balaban J connectivity index is 1.53. The minimum atomic E-state index is 0.0214. The number of allylic oxidation sites excluding steroid dienone is 2. The van der Waals surface area contributed by atoms with E-state index in [1.54, 1.807) is 0 Å². The number of amides is 2. The number of para-hydroxylation sites is 2. The van der Waals surface area contributed by atoms with Crippen LogP contribution in [0.1, 0.15) is 38.5 Å². The molecule has 1 aromatic carbocycles. The number of hydrogen-bond donors (Lipinski definition) is 2. The second-order valence-electron chi connectivity index (χ2n) is 6.86. The summed E-state index contributed by atoms with van der Waals surface area (Å²) >= 11 is 0. The molecule has 1 aromatic rings. The first kappa shape index (κ1) is 17.5. The van der Waals surface area contributed by atoms with Crippen LogP contribution in [0.2, 0.25) is 0 Å². The molecule has 1 aliphatic heterocycles. The summed E-state index contributed by atoms with van der Waals surface area (Å²) in [5, 5.41) is 6.17. The van der Waals surface area contributed by atoms with Crippen molar-refractivity contribution >= 4 is 23.2 Å². The van der Waals surface area contributed by atoms with Gasteiger partial charge in [-0.05, 0) is 50.2 Å². The van der Waals surface area contributed by atoms with E-state index in [1.165, 1.54) is 6.42 Å². The van der Waals surface area contributed by atoms with Gasteiger partial charge in [0, 0.05) is 19.5 Å². The van der Waals surface area contributed by atoms with E-state index in [4.69, 9.17) is 0 Å². The molecule has 2 amide bonds. The van der Waals surface area contributed by atoms with Crippen LogP contribution >= 0.6 is 0 Å². The average Bonchev–Trinajstić information content (AvgIpc) is 3.14. The van der Waals surface area contributed by atoms with Crippen molar-refractivity contribution in [3.8, 4) is 0 Å². The molecule has 5 nitrogen and oxygen atoms in total. The normalized spacial score (nSPS) is 19.7. The Morgan fingerprint density at radius 1 is 1.08 bits per heavy atom. The zero-order valence-corrected chi connectivity index (χ0v) is 14.7. The molecule has 0 unspecified atom stereocenters. The summed E-state index contributed by atoms with van der Waals surface area (Å²) in [5.74, 6) is 0.492. The number of rotatable bonds is 6. The smallest absolute Gasteiger partial charge is 0.241 e. The van der Waals surface area contributed by atoms with Crippen LogP contribution in [0, 0.1) is 5.92 Å². The molecule has 2 N–H and O–H groups in total. The molecule has 5 heteroatoms. The zero-order chi connectivity index (χ0) is 17.5. The molecule has 25 heavy (non-hydrogen) atoms. The number of likely N-dealkylation sites (tertiary alicyclic amines) is 1. The predicted octanol–water partition coefficient (Wildman–Crippen LogP) is 3.41. The highest BCUT2D eigenvalue weighted by Crippen LogP contribution is 2.24. The summed E-state index contributed by atoms with van der Waals surface area (Å²) in [6.45, 7) is 1.97. The van der Waals surface area contributed by atoms with Crippen LogP contribution in [0.25, 0.3) is 0 Å². The minimum absolute atomic E-state index is 0.0214. The number of nitrogens with one attached hydrogen (secondary N) is 2. The summed E-state index contributed by atoms with van der Waals surface area (Å²) in [6.07, 6.45) is 10.3. The molecule has 1 fully saturated rings. The van der Waals surface area contributed by atoms with Crippen LogP contribution in [0.3, 0.4) is 0 Å². The molecule has 1 saturated heterocycles. The van der Waals surface area contributed by atoms with Crippen LogP contribution < -0.4 is 10.6 Å². The van der Waals surface area contributed by atoms with E-state index in [0.717, 1.165) is 50.1 Å². The molecular formula is C20H27N3O2. The Bertz CT molecular complexity index is 636. The van der Waals surface area contributed by atoms with Crippen molar-refractivity contribution in [3.05, 3.63) is 36.4 Å². The van der Waals surface area contributed by atoms with Gasteiger partial charge in [0.2, 0.25) is 11.8 Å². The monoisotopic (exact) mass is 341 g/mol. The number of nitrogens with zero attached hydrogens (tertiary/aromatic N) is 1. The van der Waals surface area contributed by atoms with Crippen LogP contribution in [-0.2, 0) is 9.59 Å². The Hall–Kier alpha value is -2.30. The molecule has 0 bridgehead atoms. The first-order valence-corrected chi connectivity index (χ1v) is 9.29. The molecule has 0 spiro atoms. The molecule has 3 rings (SSSR count). The van der Waals surface area contributed by atoms with E-state index in [2.05, 4.69) is 22.8 Å². The topological polar surface area (TPSA) is 61.4 Å². The lowest BCUT2D eigenvalue weighted by atomic mass is 10.0. The Morgan fingerprint density at radius 3 is 2.56 bits per heavy atom. The summed E-state index contributed by atoms with van der Waals surface area (Å²) in [4.78, 5) is 26.5. The summed E-state index contributed by atoms with van der Waals surface area (Å²) in [6, 6.07) is 7.57. The van der Waals surface area contributed by atoms with Gasteiger partial charge < -0.3 is 15.5 Å². The van der Waals surface area contributed by atoms with Gasteiger partial charge in [-0.25, -0.2) is 0 Å². The maximum absolute atomic E-state index is 12.3. The standard InChI is InChI=1S/C20H27N3O2/c24-19(14-16-8-2-3-9-16)22-18-11-5-4-10-17(18)21-15-20(25)23-12-6-1-7-13-23/h2,4-5,8,10-11,16,21H,1,3,6-7,9,12-15H2,(H,22,24)/t16-/m1/s1. The van der Waals surface area contributed by atoms with Crippen molar-refractivity contribution in [3.63, 3.8) is 0 Å². The van der Waals surface area contributed by atoms with Crippen LogP contribution in [0.5, 0.6) is 0 Å². The van der Waals surface area contributed by atoms with Gasteiger partial charge in [0.05, 0.1) is 17.9 Å². The molecule has 2 aliphatic rings. The van der Waals surface area contributed by atoms with E-state index in [1.807, 2.05) is 29.2 Å². The van der Waals surface area contributed by atoms with E-state index in [9.17, 15) is 9.59 Å². The third-order valence-electron chi connectivity index (χ3n) is 4.90. The second kappa shape index (κ2) is 8.70. The Labute approximate surface area is 149 Å². The third kappa shape index (κ3) is 5.08. The van der Waals surface area contributed by atoms with E-state index < -0.39 is 0 Å². The SMILES string of the molecule is O=C(C[C@@H]1C=CCC1)Nc1ccccc1NCC(=O)N1CCCCC1. The Kier molecular flexibility index (Phi) is 6.09. The lowest BCUT2D eigenvalue weighted by molar-refractivity contribution is -0.130. The zero-order valence-electron chi connectivity index (χ0n) is 14.7. The fourth-order valence-corrected chi connectivity index (χ4v) is 3.48. The van der Waals surface area contributed by atoms with Gasteiger partial charge in [0.1, 0.15) is 0 Å².